The summed E-state index contributed by atoms with van der Waals surface area (Å²) < 4.78 is 1.27. The van der Waals surface area contributed by atoms with Gasteiger partial charge in [-0.1, -0.05) is 27.5 Å². The van der Waals surface area contributed by atoms with E-state index in [1.165, 1.54) is 23.5 Å². The predicted molar refractivity (Wildman–Crippen MR) is 86.3 cm³/mol. The lowest BCUT2D eigenvalue weighted by Gasteiger charge is -2.09. The van der Waals surface area contributed by atoms with Crippen LogP contribution in [0, 0.1) is 0 Å². The van der Waals surface area contributed by atoms with Crippen LogP contribution in [0.2, 0.25) is 4.34 Å². The lowest BCUT2D eigenvalue weighted by atomic mass is 10.2. The monoisotopic (exact) mass is 388 g/mol. The number of aromatic carboxylic acids is 1. The van der Waals surface area contributed by atoms with Crippen molar-refractivity contribution < 1.29 is 14.7 Å². The first-order valence-electron chi connectivity index (χ1n) is 5.77. The highest BCUT2D eigenvalue weighted by Crippen LogP contribution is 2.22. The van der Waals surface area contributed by atoms with Crippen molar-refractivity contribution in [2.24, 2.45) is 0 Å². The summed E-state index contributed by atoms with van der Waals surface area (Å²) in [4.78, 5) is 23.8. The van der Waals surface area contributed by atoms with Crippen molar-refractivity contribution in [1.29, 1.82) is 0 Å². The van der Waals surface area contributed by atoms with Gasteiger partial charge in [-0.3, -0.25) is 0 Å². The van der Waals surface area contributed by atoms with Crippen LogP contribution in [0.1, 0.15) is 15.2 Å². The van der Waals surface area contributed by atoms with Gasteiger partial charge in [-0.25, -0.2) is 9.59 Å². The number of carboxylic acid groups (broad SMARTS) is 1. The van der Waals surface area contributed by atoms with E-state index in [2.05, 4.69) is 26.6 Å². The summed E-state index contributed by atoms with van der Waals surface area (Å²) in [5.74, 6) is -1.11. The number of thiophene rings is 1. The van der Waals surface area contributed by atoms with Gasteiger partial charge < -0.3 is 15.7 Å². The van der Waals surface area contributed by atoms with E-state index < -0.39 is 12.0 Å². The fourth-order valence-corrected chi connectivity index (χ4v) is 2.97. The number of anilines is 1. The maximum atomic E-state index is 11.8. The Morgan fingerprint density at radius 1 is 1.29 bits per heavy atom. The Morgan fingerprint density at radius 3 is 2.67 bits per heavy atom. The Hall–Kier alpha value is -1.57. The molecular formula is C13H10BrClN2O3S. The number of carboxylic acids is 1. The summed E-state index contributed by atoms with van der Waals surface area (Å²) in [5.41, 5.74) is 0.242. The molecule has 0 saturated heterocycles. The van der Waals surface area contributed by atoms with E-state index in [-0.39, 0.29) is 11.3 Å². The van der Waals surface area contributed by atoms with Gasteiger partial charge in [0.2, 0.25) is 0 Å². The van der Waals surface area contributed by atoms with Crippen LogP contribution in [0.4, 0.5) is 10.5 Å². The third-order valence-electron chi connectivity index (χ3n) is 2.51. The zero-order chi connectivity index (χ0) is 15.4. The quantitative estimate of drug-likeness (QED) is 0.734. The minimum atomic E-state index is -1.11. The Balaban J connectivity index is 2.01. The maximum absolute atomic E-state index is 11.8. The molecule has 1 aromatic carbocycles. The van der Waals surface area contributed by atoms with Crippen molar-refractivity contribution >= 4 is 56.6 Å². The van der Waals surface area contributed by atoms with Crippen molar-refractivity contribution in [2.45, 2.75) is 6.54 Å². The molecule has 8 heteroatoms. The first-order valence-corrected chi connectivity index (χ1v) is 7.76. The molecule has 0 saturated carbocycles. The van der Waals surface area contributed by atoms with Crippen LogP contribution in [0.15, 0.2) is 34.8 Å². The van der Waals surface area contributed by atoms with Gasteiger partial charge in [0.1, 0.15) is 0 Å². The molecule has 0 aliphatic carbocycles. The highest BCUT2D eigenvalue weighted by Gasteiger charge is 2.13. The van der Waals surface area contributed by atoms with Crippen molar-refractivity contribution in [3.63, 3.8) is 0 Å². The zero-order valence-electron chi connectivity index (χ0n) is 10.5. The third kappa shape index (κ3) is 4.45. The molecule has 1 heterocycles. The van der Waals surface area contributed by atoms with Crippen LogP contribution in [0.3, 0.4) is 0 Å². The molecule has 0 aliphatic heterocycles. The molecule has 0 aliphatic rings. The van der Waals surface area contributed by atoms with Crippen molar-refractivity contribution in [2.75, 3.05) is 5.32 Å². The van der Waals surface area contributed by atoms with Crippen LogP contribution >= 0.6 is 38.9 Å². The number of rotatable bonds is 4. The molecule has 0 bridgehead atoms. The SMILES string of the molecule is O=C(NCc1ccc(Cl)s1)Nc1ccc(Br)cc1C(=O)O. The Kier molecular flexibility index (Phi) is 5.22. The Morgan fingerprint density at radius 2 is 2.05 bits per heavy atom. The smallest absolute Gasteiger partial charge is 0.337 e. The van der Waals surface area contributed by atoms with E-state index in [4.69, 9.17) is 16.7 Å². The summed E-state index contributed by atoms with van der Waals surface area (Å²) in [6, 6.07) is 7.69. The Bertz CT molecular complexity index is 690. The summed E-state index contributed by atoms with van der Waals surface area (Å²) in [7, 11) is 0. The van der Waals surface area contributed by atoms with Gasteiger partial charge in [0.25, 0.3) is 0 Å². The number of halogens is 2. The van der Waals surface area contributed by atoms with Gasteiger partial charge >= 0.3 is 12.0 Å². The van der Waals surface area contributed by atoms with E-state index in [1.807, 2.05) is 6.07 Å². The average molecular weight is 390 g/mol. The van der Waals surface area contributed by atoms with Gasteiger partial charge in [0.05, 0.1) is 22.1 Å². The van der Waals surface area contributed by atoms with Crippen molar-refractivity contribution in [3.05, 3.63) is 49.6 Å². The predicted octanol–water partition coefficient (Wildman–Crippen LogP) is 4.18. The lowest BCUT2D eigenvalue weighted by Crippen LogP contribution is -2.28. The number of amides is 2. The molecule has 0 spiro atoms. The topological polar surface area (TPSA) is 78.4 Å². The third-order valence-corrected chi connectivity index (χ3v) is 4.24. The number of benzene rings is 1. The number of carbonyl (C=O) groups is 2. The van der Waals surface area contributed by atoms with E-state index >= 15 is 0 Å². The molecular weight excluding hydrogens is 380 g/mol. The number of carbonyl (C=O) groups excluding carboxylic acids is 1. The molecule has 0 fully saturated rings. The number of nitrogens with one attached hydrogen (secondary N) is 2. The first-order chi connectivity index (χ1) is 9.95. The van der Waals surface area contributed by atoms with E-state index in [9.17, 15) is 9.59 Å². The fourth-order valence-electron chi connectivity index (χ4n) is 1.58. The first kappa shape index (κ1) is 15.8. The lowest BCUT2D eigenvalue weighted by molar-refractivity contribution is 0.0698. The van der Waals surface area contributed by atoms with Crippen LogP contribution in [-0.2, 0) is 6.54 Å². The molecule has 0 atom stereocenters. The molecule has 2 rings (SSSR count). The van der Waals surface area contributed by atoms with Gasteiger partial charge in [0.15, 0.2) is 0 Å². The summed E-state index contributed by atoms with van der Waals surface area (Å²) in [5, 5.41) is 14.3. The summed E-state index contributed by atoms with van der Waals surface area (Å²) >= 11 is 10.4. The minimum Gasteiger partial charge on any atom is -0.478 e. The van der Waals surface area contributed by atoms with E-state index in [1.54, 1.807) is 12.1 Å². The number of urea groups is 1. The van der Waals surface area contributed by atoms with Gasteiger partial charge in [-0.2, -0.15) is 0 Å². The van der Waals surface area contributed by atoms with Crippen molar-refractivity contribution in [3.8, 4) is 0 Å². The van der Waals surface area contributed by atoms with Crippen molar-refractivity contribution in [1.82, 2.24) is 5.32 Å². The molecule has 110 valence electrons. The average Bonchev–Trinajstić information content (AvgIpc) is 2.84. The maximum Gasteiger partial charge on any atom is 0.337 e. The fraction of sp³-hybridized carbons (Fsp3) is 0.0769. The molecule has 2 amide bonds. The second-order valence-electron chi connectivity index (χ2n) is 4.01. The molecule has 21 heavy (non-hydrogen) atoms. The molecule has 0 unspecified atom stereocenters. The number of hydrogen-bond acceptors (Lipinski definition) is 3. The molecule has 3 N–H and O–H groups in total. The summed E-state index contributed by atoms with van der Waals surface area (Å²) in [6.45, 7) is 0.322. The highest BCUT2D eigenvalue weighted by atomic mass is 79.9. The minimum absolute atomic E-state index is 0.0127. The van der Waals surface area contributed by atoms with Gasteiger partial charge in [-0.05, 0) is 30.3 Å². The van der Waals surface area contributed by atoms with Crippen LogP contribution in [-0.4, -0.2) is 17.1 Å². The summed E-state index contributed by atoms with van der Waals surface area (Å²) in [6.07, 6.45) is 0. The number of hydrogen-bond donors (Lipinski definition) is 3. The standard InChI is InChI=1S/C13H10BrClN2O3S/c14-7-1-3-10(9(5-7)12(18)19)17-13(20)16-6-8-2-4-11(15)21-8/h1-5H,6H2,(H,18,19)(H2,16,17,20). The van der Waals surface area contributed by atoms with Gasteiger partial charge in [0, 0.05) is 9.35 Å². The molecule has 5 nitrogen and oxygen atoms in total. The normalized spacial score (nSPS) is 10.2. The highest BCUT2D eigenvalue weighted by molar-refractivity contribution is 9.10. The van der Waals surface area contributed by atoms with Crippen LogP contribution < -0.4 is 10.6 Å². The van der Waals surface area contributed by atoms with Gasteiger partial charge in [-0.15, -0.1) is 11.3 Å². The van der Waals surface area contributed by atoms with E-state index in [0.29, 0.717) is 15.4 Å². The van der Waals surface area contributed by atoms with Crippen LogP contribution in [0.25, 0.3) is 0 Å². The van der Waals surface area contributed by atoms with E-state index in [0.717, 1.165) is 4.88 Å². The molecule has 1 aromatic heterocycles. The second-order valence-corrected chi connectivity index (χ2v) is 6.72. The second kappa shape index (κ2) is 6.93. The molecule has 0 radical (unpaired) electrons. The Labute approximate surface area is 138 Å². The molecule has 2 aromatic rings. The zero-order valence-corrected chi connectivity index (χ0v) is 13.7. The van der Waals surface area contributed by atoms with Crippen LogP contribution in [0.5, 0.6) is 0 Å². The largest absolute Gasteiger partial charge is 0.478 e.